The van der Waals surface area contributed by atoms with Crippen molar-refractivity contribution in [2.45, 2.75) is 51.7 Å². The van der Waals surface area contributed by atoms with E-state index in [0.717, 1.165) is 11.5 Å². The largest absolute Gasteiger partial charge is 0.345 e. The second-order valence-electron chi connectivity index (χ2n) is 5.40. The third-order valence-electron chi connectivity index (χ3n) is 2.36. The number of aryl methyl sites for hydroxylation is 1. The van der Waals surface area contributed by atoms with E-state index in [-0.39, 0.29) is 10.2 Å². The van der Waals surface area contributed by atoms with Crippen molar-refractivity contribution in [2.24, 2.45) is 0 Å². The molecule has 1 aromatic heterocycles. The van der Waals surface area contributed by atoms with Gasteiger partial charge in [-0.1, -0.05) is 31.6 Å². The monoisotopic (exact) mass is 244 g/mol. The summed E-state index contributed by atoms with van der Waals surface area (Å²) in [4.78, 5) is 7.95. The van der Waals surface area contributed by atoms with E-state index in [1.165, 1.54) is 5.69 Å². The molecule has 0 unspecified atom stereocenters. The van der Waals surface area contributed by atoms with E-state index < -0.39 is 0 Å². The minimum absolute atomic E-state index is 0.0347. The first-order valence-electron chi connectivity index (χ1n) is 5.08. The molecule has 1 rings (SSSR count). The van der Waals surface area contributed by atoms with Gasteiger partial charge in [0, 0.05) is 5.41 Å². The summed E-state index contributed by atoms with van der Waals surface area (Å²) in [6, 6.07) is 0. The van der Waals surface area contributed by atoms with E-state index in [2.05, 4.69) is 56.2 Å². The Kier molecular flexibility index (Phi) is 3.51. The topological polar surface area (TPSA) is 28.7 Å². The van der Waals surface area contributed by atoms with Crippen LogP contribution in [-0.4, -0.2) is 9.97 Å². The molecular weight excluding hydrogens is 224 g/mol. The summed E-state index contributed by atoms with van der Waals surface area (Å²) in [5.74, 6) is 0.977. The maximum atomic E-state index is 4.59. The highest BCUT2D eigenvalue weighted by molar-refractivity contribution is 8.68. The van der Waals surface area contributed by atoms with Gasteiger partial charge in [-0.25, -0.2) is 4.98 Å². The van der Waals surface area contributed by atoms with E-state index in [0.29, 0.717) is 0 Å². The van der Waals surface area contributed by atoms with Crippen LogP contribution in [0.25, 0.3) is 0 Å². The normalized spacial score (nSPS) is 13.3. The lowest BCUT2D eigenvalue weighted by molar-refractivity contribution is 0.553. The van der Waals surface area contributed by atoms with Crippen LogP contribution < -0.4 is 0 Å². The van der Waals surface area contributed by atoms with Crippen LogP contribution >= 0.6 is 22.5 Å². The summed E-state index contributed by atoms with van der Waals surface area (Å²) in [7, 11) is 1.55. The van der Waals surface area contributed by atoms with Gasteiger partial charge in [0.05, 0.1) is 16.1 Å². The van der Waals surface area contributed by atoms with Gasteiger partial charge in [-0.05, 0) is 20.8 Å². The lowest BCUT2D eigenvalue weighted by atomic mass is 9.88. The highest BCUT2D eigenvalue weighted by Gasteiger charge is 2.31. The predicted octanol–water partition coefficient (Wildman–Crippen LogP) is 3.83. The lowest BCUT2D eigenvalue weighted by Gasteiger charge is -2.26. The number of thiol groups is 1. The second kappa shape index (κ2) is 4.06. The Balaban J connectivity index is 3.30. The fourth-order valence-electron chi connectivity index (χ4n) is 1.52. The second-order valence-corrected chi connectivity index (χ2v) is 7.15. The summed E-state index contributed by atoms with van der Waals surface area (Å²) in [5.41, 5.74) is 2.40. The smallest absolute Gasteiger partial charge is 0.103 e. The molecule has 15 heavy (non-hydrogen) atoms. The molecule has 0 fully saturated rings. The van der Waals surface area contributed by atoms with Gasteiger partial charge in [0.1, 0.15) is 5.82 Å². The molecule has 0 atom stereocenters. The van der Waals surface area contributed by atoms with E-state index in [4.69, 9.17) is 0 Å². The van der Waals surface area contributed by atoms with Gasteiger partial charge in [0.2, 0.25) is 0 Å². The summed E-state index contributed by atoms with van der Waals surface area (Å²) < 4.78 is -0.0347. The van der Waals surface area contributed by atoms with E-state index >= 15 is 0 Å². The number of rotatable bonds is 2. The van der Waals surface area contributed by atoms with Crippen molar-refractivity contribution in [3.8, 4) is 0 Å². The zero-order valence-corrected chi connectivity index (χ0v) is 12.0. The molecule has 0 amide bonds. The highest BCUT2D eigenvalue weighted by atomic mass is 33.1. The molecule has 2 nitrogen and oxygen atoms in total. The number of aromatic nitrogens is 2. The van der Waals surface area contributed by atoms with Crippen LogP contribution in [0, 0.1) is 6.92 Å². The van der Waals surface area contributed by atoms with Gasteiger partial charge >= 0.3 is 0 Å². The van der Waals surface area contributed by atoms with Gasteiger partial charge in [0.25, 0.3) is 0 Å². The Bertz CT molecular complexity index is 348. The van der Waals surface area contributed by atoms with Crippen molar-refractivity contribution in [1.29, 1.82) is 0 Å². The van der Waals surface area contributed by atoms with Crippen LogP contribution in [-0.2, 0) is 10.2 Å². The number of hydrogen-bond acceptors (Lipinski definition) is 3. The van der Waals surface area contributed by atoms with Crippen LogP contribution in [0.5, 0.6) is 0 Å². The number of hydrogen-bond donors (Lipinski definition) is 2. The van der Waals surface area contributed by atoms with Crippen molar-refractivity contribution in [3.05, 3.63) is 17.2 Å². The Labute approximate surface area is 101 Å². The molecule has 0 aliphatic carbocycles. The van der Waals surface area contributed by atoms with Crippen molar-refractivity contribution in [3.63, 3.8) is 0 Å². The third-order valence-corrected chi connectivity index (χ3v) is 4.39. The van der Waals surface area contributed by atoms with E-state index in [9.17, 15) is 0 Å². The fraction of sp³-hybridized carbons (Fsp3) is 0.727. The zero-order chi connectivity index (χ0) is 11.9. The van der Waals surface area contributed by atoms with Crippen LogP contribution in [0.15, 0.2) is 0 Å². The fourth-order valence-corrected chi connectivity index (χ4v) is 2.03. The van der Waals surface area contributed by atoms with Crippen molar-refractivity contribution < 1.29 is 0 Å². The van der Waals surface area contributed by atoms with E-state index in [1.54, 1.807) is 10.8 Å². The molecule has 0 aromatic carbocycles. The summed E-state index contributed by atoms with van der Waals surface area (Å²) >= 11 is 4.33. The molecule has 0 aliphatic heterocycles. The van der Waals surface area contributed by atoms with Crippen LogP contribution in [0.3, 0.4) is 0 Å². The molecule has 0 saturated carbocycles. The van der Waals surface area contributed by atoms with Gasteiger partial charge in [-0.2, -0.15) is 0 Å². The Hall–Kier alpha value is -0.0900. The van der Waals surface area contributed by atoms with Crippen molar-refractivity contribution >= 4 is 22.5 Å². The molecule has 0 spiro atoms. The molecule has 0 bridgehead atoms. The van der Waals surface area contributed by atoms with Gasteiger partial charge in [0.15, 0.2) is 0 Å². The van der Waals surface area contributed by atoms with Crippen molar-refractivity contribution in [1.82, 2.24) is 9.97 Å². The Morgan fingerprint density at radius 1 is 1.20 bits per heavy atom. The standard InChI is InChI=1S/C11H20N2S2/c1-7-12-8(10(2,3)4)9(13-7)11(5,6)15-14/h14H,1-6H3,(H,12,13). The summed E-state index contributed by atoms with van der Waals surface area (Å²) in [6.45, 7) is 12.9. The predicted molar refractivity (Wildman–Crippen MR) is 71.6 cm³/mol. The van der Waals surface area contributed by atoms with Crippen molar-refractivity contribution in [2.75, 3.05) is 0 Å². The highest BCUT2D eigenvalue weighted by Crippen LogP contribution is 2.41. The Morgan fingerprint density at radius 3 is 2.13 bits per heavy atom. The van der Waals surface area contributed by atoms with Gasteiger partial charge in [-0.15, -0.1) is 11.7 Å². The first-order valence-corrected chi connectivity index (χ1v) is 6.95. The quantitative estimate of drug-likeness (QED) is 0.611. The number of aromatic amines is 1. The number of nitrogens with one attached hydrogen (secondary N) is 1. The molecule has 1 N–H and O–H groups in total. The number of imidazole rings is 1. The zero-order valence-electron chi connectivity index (χ0n) is 10.3. The molecule has 0 radical (unpaired) electrons. The number of H-pyrrole nitrogens is 1. The molecule has 1 heterocycles. The minimum atomic E-state index is -0.0347. The number of nitrogens with zero attached hydrogens (tertiary/aromatic N) is 1. The molecule has 0 saturated heterocycles. The van der Waals surface area contributed by atoms with Crippen LogP contribution in [0.4, 0.5) is 0 Å². The maximum Gasteiger partial charge on any atom is 0.103 e. The Morgan fingerprint density at radius 2 is 1.73 bits per heavy atom. The van der Waals surface area contributed by atoms with E-state index in [1.807, 2.05) is 6.92 Å². The lowest BCUT2D eigenvalue weighted by Crippen LogP contribution is -2.21. The molecular formula is C11H20N2S2. The van der Waals surface area contributed by atoms with Crippen LogP contribution in [0.1, 0.15) is 51.8 Å². The molecule has 86 valence electrons. The van der Waals surface area contributed by atoms with Gasteiger partial charge in [-0.3, -0.25) is 0 Å². The molecule has 1 aromatic rings. The summed E-state index contributed by atoms with van der Waals surface area (Å²) in [6.07, 6.45) is 0. The minimum Gasteiger partial charge on any atom is -0.345 e. The SMILES string of the molecule is Cc1nc(C(C)(C)C)c(C(C)(C)SS)[nH]1. The molecule has 4 heteroatoms. The third kappa shape index (κ3) is 2.72. The van der Waals surface area contributed by atoms with Crippen LogP contribution in [0.2, 0.25) is 0 Å². The molecule has 0 aliphatic rings. The summed E-state index contributed by atoms with van der Waals surface area (Å²) in [5, 5.41) is 0. The maximum absolute atomic E-state index is 4.59. The average molecular weight is 244 g/mol. The van der Waals surface area contributed by atoms with Gasteiger partial charge < -0.3 is 4.98 Å². The average Bonchev–Trinajstić information content (AvgIpc) is 2.47. The first kappa shape index (κ1) is 13.0. The first-order chi connectivity index (χ1) is 6.68.